The Hall–Kier alpha value is -1.79. The van der Waals surface area contributed by atoms with Crippen LogP contribution in [-0.2, 0) is 0 Å². The van der Waals surface area contributed by atoms with Gasteiger partial charge >= 0.3 is 5.97 Å². The minimum Gasteiger partial charge on any atom is -0.478 e. The molecule has 2 rings (SSSR count). The van der Waals surface area contributed by atoms with Crippen LogP contribution in [0.5, 0.6) is 0 Å². The number of nitrogen functional groups attached to an aromatic ring is 1. The van der Waals surface area contributed by atoms with Gasteiger partial charge < -0.3 is 16.2 Å². The Bertz CT molecular complexity index is 649. The molecule has 5 nitrogen and oxygen atoms in total. The molecule has 2 aromatic rings. The van der Waals surface area contributed by atoms with E-state index < -0.39 is 5.97 Å². The van der Waals surface area contributed by atoms with Crippen LogP contribution in [0.1, 0.15) is 10.4 Å². The minimum atomic E-state index is -1.11. The zero-order valence-electron chi connectivity index (χ0n) is 9.52. The lowest BCUT2D eigenvalue weighted by Crippen LogP contribution is -2.07. The number of nitrogens with one attached hydrogen (secondary N) is 1. The lowest BCUT2D eigenvalue weighted by Gasteiger charge is -2.11. The van der Waals surface area contributed by atoms with E-state index in [1.807, 2.05) is 0 Å². The first kappa shape index (κ1) is 13.6. The Balaban J connectivity index is 2.38. The van der Waals surface area contributed by atoms with Crippen molar-refractivity contribution < 1.29 is 9.90 Å². The van der Waals surface area contributed by atoms with Crippen molar-refractivity contribution in [1.82, 2.24) is 4.98 Å². The Labute approximate surface area is 122 Å². The molecule has 1 heterocycles. The average molecular weight is 343 g/mol. The monoisotopic (exact) mass is 341 g/mol. The van der Waals surface area contributed by atoms with E-state index in [4.69, 9.17) is 22.4 Å². The highest BCUT2D eigenvalue weighted by atomic mass is 79.9. The Morgan fingerprint density at radius 1 is 1.42 bits per heavy atom. The van der Waals surface area contributed by atoms with Crippen molar-refractivity contribution in [3.05, 3.63) is 45.5 Å². The molecule has 1 aromatic heterocycles. The third-order valence-corrected chi connectivity index (χ3v) is 3.21. The lowest BCUT2D eigenvalue weighted by molar-refractivity contribution is 0.0698. The molecule has 4 N–H and O–H groups in total. The summed E-state index contributed by atoms with van der Waals surface area (Å²) in [5.41, 5.74) is 6.40. The second kappa shape index (κ2) is 5.46. The van der Waals surface area contributed by atoms with E-state index >= 15 is 0 Å². The molecule has 1 aromatic carbocycles. The molecule has 0 atom stereocenters. The summed E-state index contributed by atoms with van der Waals surface area (Å²) < 4.78 is 0.836. The minimum absolute atomic E-state index is 0.00858. The topological polar surface area (TPSA) is 88.2 Å². The molecule has 98 valence electrons. The van der Waals surface area contributed by atoms with Crippen molar-refractivity contribution in [2.24, 2.45) is 0 Å². The number of pyridine rings is 1. The van der Waals surface area contributed by atoms with Gasteiger partial charge in [-0.2, -0.15) is 0 Å². The smallest absolute Gasteiger partial charge is 0.337 e. The number of carboxylic acids is 1. The largest absolute Gasteiger partial charge is 0.478 e. The number of nitrogens with two attached hydrogens (primary N) is 1. The number of benzene rings is 1. The summed E-state index contributed by atoms with van der Waals surface area (Å²) in [5, 5.41) is 12.4. The van der Waals surface area contributed by atoms with Crippen molar-refractivity contribution >= 4 is 50.7 Å². The van der Waals surface area contributed by atoms with Crippen molar-refractivity contribution in [2.75, 3.05) is 11.1 Å². The number of aromatic carboxylic acids is 1. The van der Waals surface area contributed by atoms with Crippen LogP contribution in [0.2, 0.25) is 5.02 Å². The highest BCUT2D eigenvalue weighted by molar-refractivity contribution is 9.10. The molecule has 0 aliphatic carbocycles. The molecule has 0 aliphatic rings. The summed E-state index contributed by atoms with van der Waals surface area (Å²) in [5.74, 6) is -0.853. The number of hydrogen-bond donors (Lipinski definition) is 3. The maximum atomic E-state index is 11.0. The number of halogens is 2. The van der Waals surface area contributed by atoms with E-state index in [0.717, 1.165) is 4.47 Å². The standard InChI is InChI=1S/C12H9BrClN3O2/c13-6-1-2-9(8(14)5-6)17-11-10(15)7(12(18)19)3-4-16-11/h1-5H,15H2,(H,16,17)(H,18,19). The third kappa shape index (κ3) is 2.97. The number of hydrogen-bond acceptors (Lipinski definition) is 4. The van der Waals surface area contributed by atoms with Gasteiger partial charge in [0.15, 0.2) is 5.82 Å². The first-order valence-electron chi connectivity index (χ1n) is 5.19. The molecule has 0 aliphatic heterocycles. The summed E-state index contributed by atoms with van der Waals surface area (Å²) in [6.45, 7) is 0. The fourth-order valence-corrected chi connectivity index (χ4v) is 2.20. The molecule has 0 amide bonds. The first-order chi connectivity index (χ1) is 8.99. The van der Waals surface area contributed by atoms with Gasteiger partial charge in [0.05, 0.1) is 22.0 Å². The van der Waals surface area contributed by atoms with Gasteiger partial charge in [0, 0.05) is 10.7 Å². The molecule has 19 heavy (non-hydrogen) atoms. The fraction of sp³-hybridized carbons (Fsp3) is 0. The number of anilines is 3. The molecular weight excluding hydrogens is 334 g/mol. The number of rotatable bonds is 3. The van der Waals surface area contributed by atoms with E-state index in [1.54, 1.807) is 18.2 Å². The van der Waals surface area contributed by atoms with Crippen LogP contribution >= 0.6 is 27.5 Å². The first-order valence-corrected chi connectivity index (χ1v) is 6.36. The van der Waals surface area contributed by atoms with E-state index in [9.17, 15) is 4.79 Å². The SMILES string of the molecule is Nc1c(C(=O)O)ccnc1Nc1ccc(Br)cc1Cl. The molecule has 0 unspecified atom stereocenters. The molecular formula is C12H9BrClN3O2. The quantitative estimate of drug-likeness (QED) is 0.794. The maximum absolute atomic E-state index is 11.0. The maximum Gasteiger partial charge on any atom is 0.337 e. The van der Waals surface area contributed by atoms with E-state index in [0.29, 0.717) is 10.7 Å². The molecule has 0 radical (unpaired) electrons. The number of aromatic nitrogens is 1. The number of carboxylic acid groups (broad SMARTS) is 1. The Morgan fingerprint density at radius 3 is 2.79 bits per heavy atom. The van der Waals surface area contributed by atoms with Gasteiger partial charge in [-0.3, -0.25) is 0 Å². The van der Waals surface area contributed by atoms with Crippen molar-refractivity contribution in [1.29, 1.82) is 0 Å². The van der Waals surface area contributed by atoms with E-state index in [2.05, 4.69) is 26.2 Å². The summed E-state index contributed by atoms with van der Waals surface area (Å²) in [6, 6.07) is 6.58. The van der Waals surface area contributed by atoms with Crippen LogP contribution < -0.4 is 11.1 Å². The van der Waals surface area contributed by atoms with E-state index in [-0.39, 0.29) is 17.1 Å². The van der Waals surface area contributed by atoms with Crippen LogP contribution in [0, 0.1) is 0 Å². The van der Waals surface area contributed by atoms with E-state index in [1.165, 1.54) is 12.3 Å². The van der Waals surface area contributed by atoms with Gasteiger partial charge in [-0.25, -0.2) is 9.78 Å². The number of carbonyl (C=O) groups is 1. The van der Waals surface area contributed by atoms with Gasteiger partial charge in [0.25, 0.3) is 0 Å². The highest BCUT2D eigenvalue weighted by Crippen LogP contribution is 2.30. The van der Waals surface area contributed by atoms with Crippen LogP contribution in [0.25, 0.3) is 0 Å². The van der Waals surface area contributed by atoms with Crippen molar-refractivity contribution in [3.63, 3.8) is 0 Å². The zero-order chi connectivity index (χ0) is 14.0. The molecule has 0 saturated heterocycles. The summed E-state index contributed by atoms with van der Waals surface area (Å²) in [7, 11) is 0. The molecule has 0 spiro atoms. The van der Waals surface area contributed by atoms with Crippen molar-refractivity contribution in [3.8, 4) is 0 Å². The van der Waals surface area contributed by atoms with Gasteiger partial charge in [-0.15, -0.1) is 0 Å². The van der Waals surface area contributed by atoms with Gasteiger partial charge in [-0.1, -0.05) is 27.5 Å². The molecule has 0 saturated carbocycles. The summed E-state index contributed by atoms with van der Waals surface area (Å²) >= 11 is 9.35. The predicted molar refractivity (Wildman–Crippen MR) is 78.0 cm³/mol. The summed E-state index contributed by atoms with van der Waals surface area (Å²) in [4.78, 5) is 15.0. The van der Waals surface area contributed by atoms with Crippen molar-refractivity contribution in [2.45, 2.75) is 0 Å². The second-order valence-corrected chi connectivity index (χ2v) is 5.00. The van der Waals surface area contributed by atoms with Crippen LogP contribution in [0.3, 0.4) is 0 Å². The fourth-order valence-electron chi connectivity index (χ4n) is 1.48. The molecule has 0 fully saturated rings. The predicted octanol–water partition coefficient (Wildman–Crippen LogP) is 3.52. The van der Waals surface area contributed by atoms with Gasteiger partial charge in [0.1, 0.15) is 0 Å². The molecule has 0 bridgehead atoms. The average Bonchev–Trinajstić information content (AvgIpc) is 2.34. The lowest BCUT2D eigenvalue weighted by atomic mass is 10.2. The highest BCUT2D eigenvalue weighted by Gasteiger charge is 2.13. The van der Waals surface area contributed by atoms with Crippen LogP contribution in [0.4, 0.5) is 17.2 Å². The Kier molecular flexibility index (Phi) is 3.92. The zero-order valence-corrected chi connectivity index (χ0v) is 11.9. The molecule has 7 heteroatoms. The van der Waals surface area contributed by atoms with Gasteiger partial charge in [0.2, 0.25) is 0 Å². The van der Waals surface area contributed by atoms with Crippen LogP contribution in [0.15, 0.2) is 34.9 Å². The Morgan fingerprint density at radius 2 is 2.16 bits per heavy atom. The third-order valence-electron chi connectivity index (χ3n) is 2.40. The van der Waals surface area contributed by atoms with Gasteiger partial charge in [-0.05, 0) is 24.3 Å². The van der Waals surface area contributed by atoms with Crippen LogP contribution in [-0.4, -0.2) is 16.1 Å². The normalized spacial score (nSPS) is 10.2. The number of nitrogens with zero attached hydrogens (tertiary/aromatic N) is 1. The second-order valence-electron chi connectivity index (χ2n) is 3.68. The summed E-state index contributed by atoms with van der Waals surface area (Å²) in [6.07, 6.45) is 1.37.